The number of carbonyl (C=O) groups is 1. The molecule has 0 bridgehead atoms. The van der Waals surface area contributed by atoms with Crippen molar-refractivity contribution in [3.63, 3.8) is 0 Å². The Hall–Kier alpha value is -0.570. The van der Waals surface area contributed by atoms with E-state index < -0.39 is 5.97 Å². The fourth-order valence-electron chi connectivity index (χ4n) is 2.11. The first kappa shape index (κ1) is 9.52. The Balaban J connectivity index is 2.65. The molecule has 70 valence electrons. The maximum absolute atomic E-state index is 10.7. The van der Waals surface area contributed by atoms with Gasteiger partial charge in [-0.25, -0.2) is 0 Å². The lowest BCUT2D eigenvalue weighted by atomic mass is 10.2. The van der Waals surface area contributed by atoms with Crippen LogP contribution < -0.4 is 0 Å². The lowest BCUT2D eigenvalue weighted by Crippen LogP contribution is -2.44. The highest BCUT2D eigenvalue weighted by Gasteiger charge is 2.33. The van der Waals surface area contributed by atoms with Gasteiger partial charge in [0.05, 0.1) is 0 Å². The van der Waals surface area contributed by atoms with Gasteiger partial charge in [0.25, 0.3) is 0 Å². The van der Waals surface area contributed by atoms with Crippen LogP contribution in [0.15, 0.2) is 0 Å². The Morgan fingerprint density at radius 2 is 1.83 bits per heavy atom. The van der Waals surface area contributed by atoms with E-state index in [0.717, 1.165) is 12.8 Å². The van der Waals surface area contributed by atoms with Crippen molar-refractivity contribution < 1.29 is 9.90 Å². The molecule has 1 N–H and O–H groups in total. The third-order valence-corrected chi connectivity index (χ3v) is 2.82. The van der Waals surface area contributed by atoms with Crippen molar-refractivity contribution in [3.05, 3.63) is 0 Å². The highest BCUT2D eigenvalue weighted by atomic mass is 16.4. The molecule has 1 heterocycles. The number of hydrogen-bond acceptors (Lipinski definition) is 2. The summed E-state index contributed by atoms with van der Waals surface area (Å²) in [6.07, 6.45) is 2.25. The summed E-state index contributed by atoms with van der Waals surface area (Å²) >= 11 is 0. The van der Waals surface area contributed by atoms with Gasteiger partial charge in [0.1, 0.15) is 6.04 Å². The van der Waals surface area contributed by atoms with E-state index in [4.69, 9.17) is 5.11 Å². The smallest absolute Gasteiger partial charge is 0.320 e. The Morgan fingerprint density at radius 3 is 2.17 bits per heavy atom. The molecule has 3 nitrogen and oxygen atoms in total. The van der Waals surface area contributed by atoms with Crippen molar-refractivity contribution in [2.24, 2.45) is 0 Å². The molecular weight excluding hydrogens is 154 g/mol. The maximum Gasteiger partial charge on any atom is 0.320 e. The summed E-state index contributed by atoms with van der Waals surface area (Å²) in [5.74, 6) is -0.712. The second-order valence-corrected chi connectivity index (χ2v) is 3.74. The number of likely N-dealkylation sites (tertiary alicyclic amines) is 1. The lowest BCUT2D eigenvalue weighted by Gasteiger charge is -2.29. The van der Waals surface area contributed by atoms with Gasteiger partial charge >= 0.3 is 5.97 Å². The van der Waals surface area contributed by atoms with Crippen molar-refractivity contribution in [2.45, 2.75) is 51.7 Å². The molecule has 0 spiro atoms. The van der Waals surface area contributed by atoms with E-state index in [1.165, 1.54) is 0 Å². The summed E-state index contributed by atoms with van der Waals surface area (Å²) in [4.78, 5) is 12.8. The van der Waals surface area contributed by atoms with E-state index >= 15 is 0 Å². The first-order valence-electron chi connectivity index (χ1n) is 4.54. The molecule has 0 aromatic heterocycles. The zero-order valence-electron chi connectivity index (χ0n) is 7.95. The van der Waals surface area contributed by atoms with E-state index in [1.807, 2.05) is 0 Å². The molecular formula is C9H17NO2. The minimum absolute atomic E-state index is 0.336. The third kappa shape index (κ3) is 1.61. The largest absolute Gasteiger partial charge is 0.480 e. The molecule has 0 aromatic carbocycles. The van der Waals surface area contributed by atoms with Crippen LogP contribution in [0.25, 0.3) is 0 Å². The monoisotopic (exact) mass is 171 g/mol. The molecule has 3 atom stereocenters. The standard InChI is InChI=1S/C9H17NO2/c1-6-4-5-7(2)10(6)8(3)9(11)12/h6-8H,4-5H2,1-3H3,(H,11,12)/t6-,7+,8-/m1/s1. The fourth-order valence-corrected chi connectivity index (χ4v) is 2.11. The molecule has 0 aliphatic carbocycles. The van der Waals surface area contributed by atoms with Crippen LogP contribution in [0.1, 0.15) is 33.6 Å². The van der Waals surface area contributed by atoms with Crippen molar-refractivity contribution in [1.29, 1.82) is 0 Å². The zero-order valence-corrected chi connectivity index (χ0v) is 7.95. The van der Waals surface area contributed by atoms with Crippen molar-refractivity contribution in [2.75, 3.05) is 0 Å². The highest BCUT2D eigenvalue weighted by Crippen LogP contribution is 2.25. The minimum atomic E-state index is -0.712. The van der Waals surface area contributed by atoms with Crippen LogP contribution in [0.3, 0.4) is 0 Å². The second-order valence-electron chi connectivity index (χ2n) is 3.74. The van der Waals surface area contributed by atoms with Crippen molar-refractivity contribution >= 4 is 5.97 Å². The summed E-state index contributed by atoms with van der Waals surface area (Å²) in [6.45, 7) is 5.96. The van der Waals surface area contributed by atoms with Crippen LogP contribution in [0.5, 0.6) is 0 Å². The van der Waals surface area contributed by atoms with Crippen molar-refractivity contribution in [1.82, 2.24) is 4.90 Å². The molecule has 1 fully saturated rings. The van der Waals surface area contributed by atoms with Gasteiger partial charge in [-0.05, 0) is 33.6 Å². The average Bonchev–Trinajstić information content (AvgIpc) is 2.30. The minimum Gasteiger partial charge on any atom is -0.480 e. The van der Waals surface area contributed by atoms with Gasteiger partial charge in [0.2, 0.25) is 0 Å². The van der Waals surface area contributed by atoms with Gasteiger partial charge in [0, 0.05) is 12.1 Å². The summed E-state index contributed by atoms with van der Waals surface area (Å²) in [5, 5.41) is 8.84. The number of carboxylic acids is 1. The van der Waals surface area contributed by atoms with Crippen LogP contribution in [-0.2, 0) is 4.79 Å². The normalized spacial score (nSPS) is 33.6. The van der Waals surface area contributed by atoms with E-state index in [9.17, 15) is 4.79 Å². The number of hydrogen-bond donors (Lipinski definition) is 1. The molecule has 0 amide bonds. The third-order valence-electron chi connectivity index (χ3n) is 2.82. The Morgan fingerprint density at radius 1 is 1.42 bits per heavy atom. The fraction of sp³-hybridized carbons (Fsp3) is 0.889. The van der Waals surface area contributed by atoms with E-state index in [2.05, 4.69) is 18.7 Å². The topological polar surface area (TPSA) is 40.5 Å². The van der Waals surface area contributed by atoms with Gasteiger partial charge in [-0.1, -0.05) is 0 Å². The summed E-state index contributed by atoms with van der Waals surface area (Å²) in [5.41, 5.74) is 0. The second kappa shape index (κ2) is 3.44. The molecule has 1 saturated heterocycles. The van der Waals surface area contributed by atoms with E-state index in [1.54, 1.807) is 6.92 Å². The van der Waals surface area contributed by atoms with Gasteiger partial charge in [-0.3, -0.25) is 9.69 Å². The highest BCUT2D eigenvalue weighted by molar-refractivity contribution is 5.73. The number of carboxylic acid groups (broad SMARTS) is 1. The molecule has 0 saturated carbocycles. The van der Waals surface area contributed by atoms with E-state index in [-0.39, 0.29) is 6.04 Å². The Kier molecular flexibility index (Phi) is 2.73. The van der Waals surface area contributed by atoms with Crippen LogP contribution in [0, 0.1) is 0 Å². The SMILES string of the molecule is C[C@@H]1CC[C@H](C)N1[C@H](C)C(=O)O. The molecule has 1 rings (SSSR count). The first-order valence-corrected chi connectivity index (χ1v) is 4.54. The van der Waals surface area contributed by atoms with Crippen molar-refractivity contribution in [3.8, 4) is 0 Å². The van der Waals surface area contributed by atoms with Crippen LogP contribution in [-0.4, -0.2) is 34.1 Å². The Bertz CT molecular complexity index is 171. The first-order chi connectivity index (χ1) is 5.54. The molecule has 0 radical (unpaired) electrons. The quantitative estimate of drug-likeness (QED) is 0.681. The molecule has 3 heteroatoms. The number of rotatable bonds is 2. The predicted molar refractivity (Wildman–Crippen MR) is 47.1 cm³/mol. The zero-order chi connectivity index (χ0) is 9.30. The van der Waals surface area contributed by atoms with Gasteiger partial charge in [0.15, 0.2) is 0 Å². The molecule has 1 aliphatic rings. The number of aliphatic carboxylic acids is 1. The molecule has 12 heavy (non-hydrogen) atoms. The van der Waals surface area contributed by atoms with E-state index in [0.29, 0.717) is 12.1 Å². The lowest BCUT2D eigenvalue weighted by molar-refractivity contribution is -0.143. The number of nitrogens with zero attached hydrogens (tertiary/aromatic N) is 1. The molecule has 0 unspecified atom stereocenters. The van der Waals surface area contributed by atoms with Crippen LogP contribution >= 0.6 is 0 Å². The summed E-state index contributed by atoms with van der Waals surface area (Å²) in [7, 11) is 0. The average molecular weight is 171 g/mol. The molecule has 0 aromatic rings. The predicted octanol–water partition coefficient (Wildman–Crippen LogP) is 1.33. The maximum atomic E-state index is 10.7. The van der Waals surface area contributed by atoms with Gasteiger partial charge in [-0.15, -0.1) is 0 Å². The van der Waals surface area contributed by atoms with Crippen LogP contribution in [0.4, 0.5) is 0 Å². The summed E-state index contributed by atoms with van der Waals surface area (Å²) in [6, 6.07) is 0.509. The van der Waals surface area contributed by atoms with Gasteiger partial charge in [-0.2, -0.15) is 0 Å². The van der Waals surface area contributed by atoms with Gasteiger partial charge < -0.3 is 5.11 Å². The molecule has 1 aliphatic heterocycles. The Labute approximate surface area is 73.4 Å². The van der Waals surface area contributed by atoms with Crippen LogP contribution in [0.2, 0.25) is 0 Å². The summed E-state index contributed by atoms with van der Waals surface area (Å²) < 4.78 is 0.